The van der Waals surface area contributed by atoms with E-state index in [0.29, 0.717) is 52.0 Å². The summed E-state index contributed by atoms with van der Waals surface area (Å²) in [5.74, 6) is -0.509. The normalized spacial score (nSPS) is 15.8. The Morgan fingerprint density at radius 2 is 1.71 bits per heavy atom. The van der Waals surface area contributed by atoms with E-state index in [-0.39, 0.29) is 30.8 Å². The Morgan fingerprint density at radius 1 is 1.02 bits per heavy atom. The molecule has 0 spiro atoms. The molecule has 4 rings (SSSR count). The summed E-state index contributed by atoms with van der Waals surface area (Å²) >= 11 is 14.7. The maximum absolute atomic E-state index is 14.9. The molecular weight excluding hydrogens is 726 g/mol. The van der Waals surface area contributed by atoms with E-state index in [4.69, 9.17) is 32.7 Å². The van der Waals surface area contributed by atoms with Gasteiger partial charge in [0, 0.05) is 32.1 Å². The van der Waals surface area contributed by atoms with Crippen molar-refractivity contribution in [3.8, 4) is 5.75 Å². The fourth-order valence-corrected chi connectivity index (χ4v) is 6.09. The van der Waals surface area contributed by atoms with Crippen molar-refractivity contribution in [3.05, 3.63) is 104 Å². The number of esters is 1. The number of carbonyl (C=O) groups is 3. The number of rotatable bonds is 11. The highest BCUT2D eigenvalue weighted by atomic mass is 127. The van der Waals surface area contributed by atoms with Crippen LogP contribution in [0.15, 0.2) is 73.3 Å². The molecule has 3 aromatic rings. The van der Waals surface area contributed by atoms with Crippen LogP contribution < -0.4 is 9.64 Å². The Labute approximate surface area is 288 Å². The number of amides is 2. The van der Waals surface area contributed by atoms with E-state index in [1.54, 1.807) is 52.3 Å². The lowest BCUT2D eigenvalue weighted by molar-refractivity contribution is -0.154. The minimum absolute atomic E-state index is 0.182. The van der Waals surface area contributed by atoms with Gasteiger partial charge in [-0.2, -0.15) is 0 Å². The molecule has 238 valence electrons. The van der Waals surface area contributed by atoms with Gasteiger partial charge in [-0.3, -0.25) is 14.4 Å². The number of ether oxygens (including phenoxy) is 2. The largest absolute Gasteiger partial charge is 0.489 e. The number of benzene rings is 3. The number of carbonyl (C=O) groups excluding carboxylic acids is 3. The second-order valence-corrected chi connectivity index (χ2v) is 13.9. The molecule has 1 aliphatic heterocycles. The average molecular weight is 764 g/mol. The monoisotopic (exact) mass is 762 g/mol. The van der Waals surface area contributed by atoms with Gasteiger partial charge >= 0.3 is 5.97 Å². The summed E-state index contributed by atoms with van der Waals surface area (Å²) in [5.41, 5.74) is 1.66. The van der Waals surface area contributed by atoms with Gasteiger partial charge < -0.3 is 19.3 Å². The topological polar surface area (TPSA) is 76.1 Å². The van der Waals surface area contributed by atoms with Crippen molar-refractivity contribution in [2.45, 2.75) is 64.6 Å². The zero-order valence-electron chi connectivity index (χ0n) is 25.8. The van der Waals surface area contributed by atoms with Gasteiger partial charge in [0.05, 0.1) is 17.3 Å². The van der Waals surface area contributed by atoms with E-state index in [1.807, 2.05) is 52.0 Å². The summed E-state index contributed by atoms with van der Waals surface area (Å²) in [5, 5.41) is 0.996. The first-order valence-electron chi connectivity index (χ1n) is 14.7. The van der Waals surface area contributed by atoms with Crippen molar-refractivity contribution in [3.63, 3.8) is 0 Å². The molecule has 1 aliphatic rings. The lowest BCUT2D eigenvalue weighted by Crippen LogP contribution is -2.44. The summed E-state index contributed by atoms with van der Waals surface area (Å²) < 4.78 is 12.3. The number of halogens is 3. The van der Waals surface area contributed by atoms with E-state index in [1.165, 1.54) is 0 Å². The first-order valence-corrected chi connectivity index (χ1v) is 16.6. The third-order valence-electron chi connectivity index (χ3n) is 7.32. The molecule has 0 saturated carbocycles. The van der Waals surface area contributed by atoms with Crippen LogP contribution in [0.25, 0.3) is 0 Å². The van der Waals surface area contributed by atoms with Crippen molar-refractivity contribution in [2.75, 3.05) is 18.1 Å². The minimum atomic E-state index is -1.06. The summed E-state index contributed by atoms with van der Waals surface area (Å²) in [6.45, 7) is 11.6. The highest BCUT2D eigenvalue weighted by molar-refractivity contribution is 14.1. The van der Waals surface area contributed by atoms with Gasteiger partial charge in [0.1, 0.15) is 24.0 Å². The van der Waals surface area contributed by atoms with Gasteiger partial charge in [0.15, 0.2) is 0 Å². The standard InChI is InChI=1S/C35H37Cl2IN2O5/c1-6-19-44-30-20-25(37)14-16-27(30)32-34(43)39(18-8-7-9-31(41)45-35(3,4)5)29-17-15-26(38)21-28(29)33(42)40(32)22(2)23-10-12-24(36)13-11-23/h6,10-17,20-22,32H,1,7-9,18-19H2,2-5H3/t22-,32?/m1/s1. The molecule has 1 heterocycles. The van der Waals surface area contributed by atoms with Crippen LogP contribution >= 0.6 is 45.8 Å². The number of hydrogen-bond donors (Lipinski definition) is 0. The van der Waals surface area contributed by atoms with Crippen molar-refractivity contribution in [2.24, 2.45) is 0 Å². The van der Waals surface area contributed by atoms with E-state index < -0.39 is 17.7 Å². The number of hydrogen-bond acceptors (Lipinski definition) is 5. The molecule has 2 atom stereocenters. The van der Waals surface area contributed by atoms with Gasteiger partial charge in [0.25, 0.3) is 11.8 Å². The molecular formula is C35H37Cl2IN2O5. The first kappa shape index (κ1) is 34.8. The Hall–Kier alpha value is -3.08. The van der Waals surface area contributed by atoms with Crippen LogP contribution in [0.5, 0.6) is 5.75 Å². The Kier molecular flexibility index (Phi) is 11.6. The zero-order chi connectivity index (χ0) is 32.9. The van der Waals surface area contributed by atoms with E-state index >= 15 is 0 Å². The quantitative estimate of drug-likeness (QED) is 0.0844. The van der Waals surface area contributed by atoms with E-state index in [2.05, 4.69) is 29.2 Å². The van der Waals surface area contributed by atoms with Gasteiger partial charge in [-0.25, -0.2) is 0 Å². The fraction of sp³-hybridized carbons (Fsp3) is 0.343. The van der Waals surface area contributed by atoms with Crippen LogP contribution in [-0.2, 0) is 14.3 Å². The van der Waals surface area contributed by atoms with Crippen molar-refractivity contribution >= 4 is 69.3 Å². The Morgan fingerprint density at radius 3 is 2.38 bits per heavy atom. The second kappa shape index (κ2) is 15.0. The lowest BCUT2D eigenvalue weighted by atomic mass is 9.97. The summed E-state index contributed by atoms with van der Waals surface area (Å²) in [6.07, 6.45) is 2.85. The second-order valence-electron chi connectivity index (χ2n) is 11.8. The van der Waals surface area contributed by atoms with Crippen molar-refractivity contribution in [1.29, 1.82) is 0 Å². The molecule has 7 nitrogen and oxygen atoms in total. The van der Waals surface area contributed by atoms with Gasteiger partial charge in [0.2, 0.25) is 0 Å². The van der Waals surface area contributed by atoms with Crippen molar-refractivity contribution in [1.82, 2.24) is 4.90 Å². The molecule has 3 aromatic carbocycles. The molecule has 0 aliphatic carbocycles. The zero-order valence-corrected chi connectivity index (χ0v) is 29.5. The Bertz CT molecular complexity index is 1570. The molecule has 0 fully saturated rings. The number of anilines is 1. The van der Waals surface area contributed by atoms with Crippen LogP contribution in [-0.4, -0.2) is 41.4 Å². The van der Waals surface area contributed by atoms with E-state index in [9.17, 15) is 14.4 Å². The minimum Gasteiger partial charge on any atom is -0.489 e. The number of unbranched alkanes of at least 4 members (excludes halogenated alkanes) is 1. The number of nitrogens with zero attached hydrogens (tertiary/aromatic N) is 2. The van der Waals surface area contributed by atoms with Gasteiger partial charge in [-0.1, -0.05) is 54.1 Å². The number of fused-ring (bicyclic) bond motifs is 1. The fourth-order valence-electron chi connectivity index (χ4n) is 5.31. The molecule has 0 aromatic heterocycles. The van der Waals surface area contributed by atoms with Crippen LogP contribution in [0.4, 0.5) is 5.69 Å². The highest BCUT2D eigenvalue weighted by Crippen LogP contribution is 2.43. The maximum atomic E-state index is 14.9. The van der Waals surface area contributed by atoms with Gasteiger partial charge in [-0.15, -0.1) is 0 Å². The van der Waals surface area contributed by atoms with Gasteiger partial charge in [-0.05, 0) is 111 Å². The molecule has 2 amide bonds. The molecule has 0 radical (unpaired) electrons. The first-order chi connectivity index (χ1) is 21.3. The SMILES string of the molecule is C=CCOc1cc(Cl)ccc1C1C(=O)N(CCCCC(=O)OC(C)(C)C)c2ccc(I)cc2C(=O)N1[C@H](C)c1ccc(Cl)cc1. The predicted molar refractivity (Wildman–Crippen MR) is 187 cm³/mol. The summed E-state index contributed by atoms with van der Waals surface area (Å²) in [4.78, 5) is 45.2. The van der Waals surface area contributed by atoms with Crippen LogP contribution in [0, 0.1) is 3.57 Å². The smallest absolute Gasteiger partial charge is 0.306 e. The molecule has 0 N–H and O–H groups in total. The molecule has 45 heavy (non-hydrogen) atoms. The van der Waals surface area contributed by atoms with E-state index in [0.717, 1.165) is 9.13 Å². The van der Waals surface area contributed by atoms with Crippen LogP contribution in [0.3, 0.4) is 0 Å². The third kappa shape index (κ3) is 8.60. The Balaban J connectivity index is 1.82. The molecule has 0 saturated heterocycles. The highest BCUT2D eigenvalue weighted by Gasteiger charge is 2.44. The molecule has 1 unspecified atom stereocenters. The van der Waals surface area contributed by atoms with Crippen molar-refractivity contribution < 1.29 is 23.9 Å². The predicted octanol–water partition coefficient (Wildman–Crippen LogP) is 8.97. The molecule has 10 heteroatoms. The third-order valence-corrected chi connectivity index (χ3v) is 8.48. The summed E-state index contributed by atoms with van der Waals surface area (Å²) in [7, 11) is 0. The summed E-state index contributed by atoms with van der Waals surface area (Å²) in [6, 6.07) is 16.2. The molecule has 0 bridgehead atoms. The maximum Gasteiger partial charge on any atom is 0.306 e. The average Bonchev–Trinajstić information content (AvgIpc) is 3.06. The lowest BCUT2D eigenvalue weighted by Gasteiger charge is -2.36. The van der Waals surface area contributed by atoms with Crippen LogP contribution in [0.2, 0.25) is 10.0 Å². The van der Waals surface area contributed by atoms with Crippen LogP contribution in [0.1, 0.15) is 80.5 Å².